The lowest BCUT2D eigenvalue weighted by Crippen LogP contribution is -2.54. The summed E-state index contributed by atoms with van der Waals surface area (Å²) in [4.78, 5) is 37.9. The molecule has 2 fully saturated rings. The Bertz CT molecular complexity index is 606. The summed E-state index contributed by atoms with van der Waals surface area (Å²) in [5.74, 6) is -0.0669. The van der Waals surface area contributed by atoms with Crippen LogP contribution in [0.5, 0.6) is 0 Å². The van der Waals surface area contributed by atoms with Crippen LogP contribution in [0.15, 0.2) is 24.3 Å². The molecule has 0 N–H and O–H groups in total. The van der Waals surface area contributed by atoms with Crippen molar-refractivity contribution in [3.05, 3.63) is 35.4 Å². The lowest BCUT2D eigenvalue weighted by molar-refractivity contribution is -0.137. The molecule has 3 rings (SSSR count). The number of hydrogen-bond acceptors (Lipinski definition) is 4. The first kappa shape index (κ1) is 14.6. The minimum absolute atomic E-state index is 0.0807. The minimum Gasteiger partial charge on any atom is -0.439 e. The van der Waals surface area contributed by atoms with Crippen molar-refractivity contribution in [2.75, 3.05) is 26.2 Å². The molecule has 0 aromatic heterocycles. The Morgan fingerprint density at radius 2 is 2.09 bits per heavy atom. The molecule has 116 valence electrons. The maximum absolute atomic E-state index is 12.2. The molecule has 0 radical (unpaired) electrons. The van der Waals surface area contributed by atoms with Gasteiger partial charge >= 0.3 is 6.09 Å². The Kier molecular flexibility index (Phi) is 3.83. The third kappa shape index (κ3) is 2.95. The van der Waals surface area contributed by atoms with Crippen LogP contribution in [-0.4, -0.2) is 53.9 Å². The van der Waals surface area contributed by atoms with Gasteiger partial charge in [0.2, 0.25) is 5.91 Å². The zero-order chi connectivity index (χ0) is 15.7. The van der Waals surface area contributed by atoms with Crippen LogP contribution in [0.2, 0.25) is 0 Å². The summed E-state index contributed by atoms with van der Waals surface area (Å²) in [6, 6.07) is 7.90. The Morgan fingerprint density at radius 3 is 2.73 bits per heavy atom. The maximum Gasteiger partial charge on any atom is 0.417 e. The first-order chi connectivity index (χ1) is 10.5. The molecule has 0 spiro atoms. The van der Waals surface area contributed by atoms with Gasteiger partial charge in [0.1, 0.15) is 0 Å². The third-order valence-electron chi connectivity index (χ3n) is 4.03. The van der Waals surface area contributed by atoms with Crippen LogP contribution in [0, 0.1) is 12.8 Å². The number of cyclic esters (lactones) is 1. The molecule has 0 aliphatic carbocycles. The summed E-state index contributed by atoms with van der Waals surface area (Å²) in [6.07, 6.45) is -0.187. The second kappa shape index (κ2) is 5.79. The van der Waals surface area contributed by atoms with E-state index in [4.69, 9.17) is 0 Å². The van der Waals surface area contributed by atoms with Crippen LogP contribution in [0.25, 0.3) is 0 Å². The number of nitrogens with zero attached hydrogens (tertiary/aromatic N) is 2. The molecule has 1 aromatic carbocycles. The third-order valence-corrected chi connectivity index (χ3v) is 4.03. The molecule has 6 nitrogen and oxygen atoms in total. The minimum atomic E-state index is -0.575. The molecule has 0 bridgehead atoms. The molecule has 2 heterocycles. The summed E-state index contributed by atoms with van der Waals surface area (Å²) in [7, 11) is 0. The molecule has 2 aliphatic rings. The van der Waals surface area contributed by atoms with Gasteiger partial charge in [-0.05, 0) is 12.5 Å². The van der Waals surface area contributed by atoms with Gasteiger partial charge in [0, 0.05) is 25.6 Å². The number of likely N-dealkylation sites (tertiary alicyclic amines) is 1. The highest BCUT2D eigenvalue weighted by molar-refractivity contribution is 5.97. The van der Waals surface area contributed by atoms with Gasteiger partial charge in [-0.15, -0.1) is 0 Å². The molecule has 2 saturated heterocycles. The fourth-order valence-corrected chi connectivity index (χ4v) is 2.81. The summed E-state index contributed by atoms with van der Waals surface area (Å²) in [5.41, 5.74) is 2.14. The summed E-state index contributed by atoms with van der Waals surface area (Å²) < 4.78 is 4.67. The Hall–Kier alpha value is -2.37. The van der Waals surface area contributed by atoms with Crippen LogP contribution >= 0.6 is 0 Å². The summed E-state index contributed by atoms with van der Waals surface area (Å²) in [5, 5.41) is 0. The van der Waals surface area contributed by atoms with Crippen molar-refractivity contribution in [1.82, 2.24) is 9.80 Å². The molecule has 3 amide bonds. The number of benzene rings is 1. The van der Waals surface area contributed by atoms with E-state index >= 15 is 0 Å². The quantitative estimate of drug-likeness (QED) is 0.831. The van der Waals surface area contributed by atoms with Crippen molar-refractivity contribution in [2.45, 2.75) is 13.3 Å². The molecule has 22 heavy (non-hydrogen) atoms. The topological polar surface area (TPSA) is 66.9 Å². The lowest BCUT2D eigenvalue weighted by Gasteiger charge is -2.40. The van der Waals surface area contributed by atoms with E-state index in [1.165, 1.54) is 0 Å². The molecule has 0 unspecified atom stereocenters. The van der Waals surface area contributed by atoms with E-state index in [2.05, 4.69) is 4.74 Å². The van der Waals surface area contributed by atoms with Crippen molar-refractivity contribution in [3.63, 3.8) is 0 Å². The fraction of sp³-hybridized carbons (Fsp3) is 0.438. The molecule has 2 aliphatic heterocycles. The Labute approximate surface area is 128 Å². The molecule has 1 aromatic rings. The van der Waals surface area contributed by atoms with Crippen LogP contribution < -0.4 is 0 Å². The number of aryl methyl sites for hydroxylation is 1. The van der Waals surface area contributed by atoms with E-state index in [0.29, 0.717) is 26.1 Å². The Morgan fingerprint density at radius 1 is 1.32 bits per heavy atom. The van der Waals surface area contributed by atoms with Gasteiger partial charge in [-0.25, -0.2) is 9.69 Å². The van der Waals surface area contributed by atoms with E-state index in [9.17, 15) is 14.4 Å². The van der Waals surface area contributed by atoms with E-state index in [1.54, 1.807) is 4.90 Å². The molecule has 0 atom stereocenters. The number of imide groups is 1. The second-order valence-electron chi connectivity index (χ2n) is 5.89. The van der Waals surface area contributed by atoms with Gasteiger partial charge in [0.25, 0.3) is 5.91 Å². The van der Waals surface area contributed by atoms with Gasteiger partial charge in [-0.1, -0.05) is 29.8 Å². The smallest absolute Gasteiger partial charge is 0.417 e. The summed E-state index contributed by atoms with van der Waals surface area (Å²) in [6.45, 7) is 3.34. The monoisotopic (exact) mass is 302 g/mol. The van der Waals surface area contributed by atoms with Crippen molar-refractivity contribution < 1.29 is 19.1 Å². The van der Waals surface area contributed by atoms with Crippen LogP contribution in [0.4, 0.5) is 4.79 Å². The van der Waals surface area contributed by atoms with Crippen molar-refractivity contribution in [2.24, 2.45) is 5.92 Å². The summed E-state index contributed by atoms with van der Waals surface area (Å²) >= 11 is 0. The molecule has 6 heteroatoms. The highest BCUT2D eigenvalue weighted by atomic mass is 16.6. The van der Waals surface area contributed by atoms with Crippen molar-refractivity contribution in [1.29, 1.82) is 0 Å². The highest BCUT2D eigenvalue weighted by Crippen LogP contribution is 2.20. The van der Waals surface area contributed by atoms with Gasteiger partial charge in [-0.2, -0.15) is 0 Å². The number of ether oxygens (including phenoxy) is 1. The SMILES string of the molecule is Cc1cccc(CC(=O)N2CC(CN3C(=O)COC3=O)C2)c1. The standard InChI is InChI=1S/C16H18N2O4/c1-11-3-2-4-12(5-11)6-14(19)17-7-13(8-17)9-18-15(20)10-22-16(18)21/h2-5,13H,6-10H2,1H3. The second-order valence-corrected chi connectivity index (χ2v) is 5.89. The van der Waals surface area contributed by atoms with Crippen molar-refractivity contribution >= 4 is 17.9 Å². The zero-order valence-electron chi connectivity index (χ0n) is 12.4. The van der Waals surface area contributed by atoms with Crippen molar-refractivity contribution in [3.8, 4) is 0 Å². The van der Waals surface area contributed by atoms with Gasteiger partial charge in [-0.3, -0.25) is 9.59 Å². The number of hydrogen-bond donors (Lipinski definition) is 0. The lowest BCUT2D eigenvalue weighted by atomic mass is 9.98. The van der Waals surface area contributed by atoms with Crippen LogP contribution in [0.1, 0.15) is 11.1 Å². The van der Waals surface area contributed by atoms with Crippen LogP contribution in [-0.2, 0) is 20.7 Å². The maximum atomic E-state index is 12.2. The number of rotatable bonds is 4. The van der Waals surface area contributed by atoms with Gasteiger partial charge in [0.05, 0.1) is 6.42 Å². The van der Waals surface area contributed by atoms with Gasteiger partial charge < -0.3 is 9.64 Å². The van der Waals surface area contributed by atoms with E-state index < -0.39 is 6.09 Å². The molecular weight excluding hydrogens is 284 g/mol. The van der Waals surface area contributed by atoms with Crippen LogP contribution in [0.3, 0.4) is 0 Å². The average molecular weight is 302 g/mol. The first-order valence-electron chi connectivity index (χ1n) is 7.33. The van der Waals surface area contributed by atoms with Gasteiger partial charge in [0.15, 0.2) is 6.61 Å². The fourth-order valence-electron chi connectivity index (χ4n) is 2.81. The highest BCUT2D eigenvalue weighted by Gasteiger charge is 2.38. The van der Waals surface area contributed by atoms with E-state index in [1.807, 2.05) is 31.2 Å². The predicted octanol–water partition coefficient (Wildman–Crippen LogP) is 0.975. The number of carbonyl (C=O) groups excluding carboxylic acids is 3. The normalized spacial score (nSPS) is 18.4. The van der Waals surface area contributed by atoms with E-state index in [0.717, 1.165) is 16.0 Å². The van der Waals surface area contributed by atoms with E-state index in [-0.39, 0.29) is 24.3 Å². The largest absolute Gasteiger partial charge is 0.439 e. The average Bonchev–Trinajstić information content (AvgIpc) is 2.73. The molecule has 0 saturated carbocycles. The number of carbonyl (C=O) groups is 3. The zero-order valence-corrected chi connectivity index (χ0v) is 12.4. The Balaban J connectivity index is 1.47. The number of amides is 3. The predicted molar refractivity (Wildman–Crippen MR) is 78.0 cm³/mol. The molecular formula is C16H18N2O4. The first-order valence-corrected chi connectivity index (χ1v) is 7.33.